The van der Waals surface area contributed by atoms with Crippen molar-refractivity contribution in [1.29, 1.82) is 0 Å². The number of para-hydroxylation sites is 1. The maximum Gasteiger partial charge on any atom is 0.335 e. The number of hydrogen-bond acceptors (Lipinski definition) is 4. The van der Waals surface area contributed by atoms with Gasteiger partial charge in [0.25, 0.3) is 11.8 Å². The van der Waals surface area contributed by atoms with E-state index in [9.17, 15) is 14.4 Å². The van der Waals surface area contributed by atoms with E-state index in [4.69, 9.17) is 4.74 Å². The van der Waals surface area contributed by atoms with Crippen LogP contribution in [0.15, 0.2) is 78.4 Å². The SMILES string of the molecule is O=C1NC(=O)N(c2ccc(C34CC5CC(CC(C5)C3)C4)cc2)C(=O)/C1=C/c1ccccc1OCc1ccc(I)cc1. The molecular weight excluding hydrogens is 627 g/mol. The Morgan fingerprint density at radius 3 is 2.15 bits per heavy atom. The molecule has 7 heteroatoms. The van der Waals surface area contributed by atoms with Gasteiger partial charge in [0, 0.05) is 9.13 Å². The third kappa shape index (κ3) is 4.98. The Morgan fingerprint density at radius 2 is 1.49 bits per heavy atom. The zero-order valence-electron chi connectivity index (χ0n) is 22.6. The molecule has 1 N–H and O–H groups in total. The van der Waals surface area contributed by atoms with Crippen LogP contribution in [0.1, 0.15) is 55.2 Å². The van der Waals surface area contributed by atoms with Gasteiger partial charge < -0.3 is 4.74 Å². The molecule has 0 aromatic heterocycles. The first-order valence-electron chi connectivity index (χ1n) is 14.4. The highest BCUT2D eigenvalue weighted by atomic mass is 127. The number of halogens is 1. The van der Waals surface area contributed by atoms with Crippen LogP contribution >= 0.6 is 22.6 Å². The standard InChI is InChI=1S/C34H31IN2O4/c35-27-9-5-21(6-10-27)20-41-30-4-2-1-3-25(30)16-29-31(38)36-33(40)37(32(29)39)28-11-7-26(8-12-28)34-17-22-13-23(18-34)15-24(14-22)19-34/h1-12,16,22-24H,13-15,17-20H2,(H,36,38,40)/b29-16+. The number of nitrogens with zero attached hydrogens (tertiary/aromatic N) is 1. The second-order valence-electron chi connectivity index (χ2n) is 12.2. The molecule has 208 valence electrons. The second kappa shape index (κ2) is 10.4. The topological polar surface area (TPSA) is 75.7 Å². The minimum atomic E-state index is -0.733. The zero-order chi connectivity index (χ0) is 28.1. The summed E-state index contributed by atoms with van der Waals surface area (Å²) in [5, 5.41) is 2.35. The van der Waals surface area contributed by atoms with Gasteiger partial charge in [-0.1, -0.05) is 42.5 Å². The largest absolute Gasteiger partial charge is 0.488 e. The zero-order valence-corrected chi connectivity index (χ0v) is 24.8. The van der Waals surface area contributed by atoms with E-state index < -0.39 is 17.8 Å². The van der Waals surface area contributed by atoms with Crippen molar-refractivity contribution >= 4 is 52.2 Å². The van der Waals surface area contributed by atoms with Crippen LogP contribution in [0.25, 0.3) is 6.08 Å². The number of hydrogen-bond donors (Lipinski definition) is 1. The van der Waals surface area contributed by atoms with E-state index in [2.05, 4.69) is 40.0 Å². The van der Waals surface area contributed by atoms with Crippen molar-refractivity contribution in [3.63, 3.8) is 0 Å². The quantitative estimate of drug-likeness (QED) is 0.176. The molecule has 3 aromatic rings. The molecule has 41 heavy (non-hydrogen) atoms. The molecule has 0 unspecified atom stereocenters. The normalized spacial score (nSPS) is 27.8. The van der Waals surface area contributed by atoms with Crippen molar-refractivity contribution < 1.29 is 19.1 Å². The number of carbonyl (C=O) groups is 3. The summed E-state index contributed by atoms with van der Waals surface area (Å²) in [7, 11) is 0. The average Bonchev–Trinajstić information content (AvgIpc) is 2.95. The summed E-state index contributed by atoms with van der Waals surface area (Å²) < 4.78 is 7.19. The van der Waals surface area contributed by atoms with Crippen molar-refractivity contribution in [3.8, 4) is 5.75 Å². The summed E-state index contributed by atoms with van der Waals surface area (Å²) in [5.41, 5.74) is 3.49. The molecule has 0 spiro atoms. The molecular formula is C34H31IN2O4. The Hall–Kier alpha value is -3.46. The molecule has 4 amide bonds. The van der Waals surface area contributed by atoms with Gasteiger partial charge in [-0.15, -0.1) is 0 Å². The number of anilines is 1. The maximum absolute atomic E-state index is 13.6. The lowest BCUT2D eigenvalue weighted by molar-refractivity contribution is -0.122. The number of rotatable bonds is 6. The molecule has 1 aliphatic heterocycles. The monoisotopic (exact) mass is 658 g/mol. The van der Waals surface area contributed by atoms with Crippen LogP contribution < -0.4 is 15.0 Å². The summed E-state index contributed by atoms with van der Waals surface area (Å²) in [6.07, 6.45) is 9.37. The Labute approximate surface area is 253 Å². The first-order chi connectivity index (χ1) is 19.9. The van der Waals surface area contributed by atoms with Crippen LogP contribution in [0.5, 0.6) is 5.75 Å². The first kappa shape index (κ1) is 26.4. The molecule has 0 atom stereocenters. The lowest BCUT2D eigenvalue weighted by Crippen LogP contribution is -2.54. The van der Waals surface area contributed by atoms with Gasteiger partial charge in [0.05, 0.1) is 5.69 Å². The third-order valence-electron chi connectivity index (χ3n) is 9.40. The van der Waals surface area contributed by atoms with E-state index in [0.29, 0.717) is 23.6 Å². The number of benzene rings is 3. The molecule has 3 aromatic carbocycles. The predicted octanol–water partition coefficient (Wildman–Crippen LogP) is 7.00. The highest BCUT2D eigenvalue weighted by Crippen LogP contribution is 2.60. The summed E-state index contributed by atoms with van der Waals surface area (Å²) in [6, 6.07) is 22.4. The van der Waals surface area contributed by atoms with Gasteiger partial charge in [-0.3, -0.25) is 14.9 Å². The van der Waals surface area contributed by atoms with Gasteiger partial charge in [-0.2, -0.15) is 0 Å². The molecule has 0 radical (unpaired) electrons. The van der Waals surface area contributed by atoms with Crippen molar-refractivity contribution in [1.82, 2.24) is 5.32 Å². The molecule has 5 aliphatic rings. The number of nitrogens with one attached hydrogen (secondary N) is 1. The van der Waals surface area contributed by atoms with Crippen molar-refractivity contribution in [2.24, 2.45) is 17.8 Å². The second-order valence-corrected chi connectivity index (χ2v) is 13.4. The lowest BCUT2D eigenvalue weighted by Gasteiger charge is -2.57. The number of ether oxygens (including phenoxy) is 1. The summed E-state index contributed by atoms with van der Waals surface area (Å²) in [5.74, 6) is 1.68. The van der Waals surface area contributed by atoms with Gasteiger partial charge >= 0.3 is 6.03 Å². The Bertz CT molecular complexity index is 1530. The fraction of sp³-hybridized carbons (Fsp3) is 0.324. The van der Waals surface area contributed by atoms with Crippen LogP contribution in [0.4, 0.5) is 10.5 Å². The molecule has 1 heterocycles. The summed E-state index contributed by atoms with van der Waals surface area (Å²) >= 11 is 2.26. The lowest BCUT2D eigenvalue weighted by atomic mass is 9.48. The van der Waals surface area contributed by atoms with Gasteiger partial charge in [-0.05, 0) is 132 Å². The van der Waals surface area contributed by atoms with Crippen molar-refractivity contribution in [2.75, 3.05) is 4.90 Å². The van der Waals surface area contributed by atoms with Crippen LogP contribution in [-0.4, -0.2) is 17.8 Å². The number of urea groups is 1. The third-order valence-corrected chi connectivity index (χ3v) is 10.1. The highest BCUT2D eigenvalue weighted by Gasteiger charge is 2.51. The van der Waals surface area contributed by atoms with Crippen molar-refractivity contribution in [3.05, 3.63) is 98.6 Å². The maximum atomic E-state index is 13.6. The van der Waals surface area contributed by atoms with Crippen LogP contribution in [0.3, 0.4) is 0 Å². The number of amides is 4. The molecule has 4 saturated carbocycles. The Balaban J connectivity index is 1.13. The van der Waals surface area contributed by atoms with E-state index in [1.165, 1.54) is 50.2 Å². The molecule has 5 fully saturated rings. The average molecular weight is 659 g/mol. The summed E-state index contributed by atoms with van der Waals surface area (Å²) in [6.45, 7) is 0.345. The molecule has 8 rings (SSSR count). The molecule has 4 bridgehead atoms. The van der Waals surface area contributed by atoms with Gasteiger partial charge in [-0.25, -0.2) is 9.69 Å². The smallest absolute Gasteiger partial charge is 0.335 e. The van der Waals surface area contributed by atoms with E-state index in [0.717, 1.165) is 31.8 Å². The minimum absolute atomic E-state index is 0.111. The molecule has 1 saturated heterocycles. The Morgan fingerprint density at radius 1 is 0.854 bits per heavy atom. The van der Waals surface area contributed by atoms with Crippen LogP contribution in [-0.2, 0) is 21.6 Å². The highest BCUT2D eigenvalue weighted by molar-refractivity contribution is 14.1. The minimum Gasteiger partial charge on any atom is -0.488 e. The predicted molar refractivity (Wildman–Crippen MR) is 165 cm³/mol. The van der Waals surface area contributed by atoms with Crippen molar-refractivity contribution in [2.45, 2.75) is 50.5 Å². The molecule has 6 nitrogen and oxygen atoms in total. The van der Waals surface area contributed by atoms with E-state index in [-0.39, 0.29) is 11.0 Å². The number of imide groups is 2. The summed E-state index contributed by atoms with van der Waals surface area (Å²) in [4.78, 5) is 40.4. The van der Waals surface area contributed by atoms with Gasteiger partial charge in [0.1, 0.15) is 17.9 Å². The fourth-order valence-electron chi connectivity index (χ4n) is 7.95. The Kier molecular flexibility index (Phi) is 6.72. The number of carbonyl (C=O) groups excluding carboxylic acids is 3. The van der Waals surface area contributed by atoms with E-state index >= 15 is 0 Å². The van der Waals surface area contributed by atoms with Crippen LogP contribution in [0.2, 0.25) is 0 Å². The van der Waals surface area contributed by atoms with Crippen LogP contribution in [0, 0.1) is 21.3 Å². The first-order valence-corrected chi connectivity index (χ1v) is 15.4. The van der Waals surface area contributed by atoms with Gasteiger partial charge in [0.15, 0.2) is 0 Å². The fourth-order valence-corrected chi connectivity index (χ4v) is 8.31. The number of barbiturate groups is 1. The van der Waals surface area contributed by atoms with E-state index in [1.54, 1.807) is 12.1 Å². The van der Waals surface area contributed by atoms with Gasteiger partial charge in [0.2, 0.25) is 0 Å². The van der Waals surface area contributed by atoms with E-state index in [1.807, 2.05) is 48.5 Å². The molecule has 4 aliphatic carbocycles.